The summed E-state index contributed by atoms with van der Waals surface area (Å²) in [7, 11) is 0. The van der Waals surface area contributed by atoms with Gasteiger partial charge in [0.2, 0.25) is 0 Å². The third kappa shape index (κ3) is 8.89. The molecule has 0 aliphatic heterocycles. The summed E-state index contributed by atoms with van der Waals surface area (Å²) in [5.74, 6) is -0.147. The van der Waals surface area contributed by atoms with Crippen LogP contribution >= 0.6 is 11.8 Å². The Morgan fingerprint density at radius 2 is 1.92 bits per heavy atom. The Morgan fingerprint density at radius 1 is 1.11 bits per heavy atom. The number of benzene rings is 2. The predicted octanol–water partition coefficient (Wildman–Crippen LogP) is 6.11. The number of nitrogens with one attached hydrogen (secondary N) is 3. The van der Waals surface area contributed by atoms with Crippen LogP contribution in [0.2, 0.25) is 0 Å². The highest BCUT2D eigenvalue weighted by Gasteiger charge is 2.13. The minimum Gasteiger partial charge on any atom is -0.398 e. The second kappa shape index (κ2) is 14.6. The summed E-state index contributed by atoms with van der Waals surface area (Å²) in [6, 6.07) is 18.5. The molecule has 0 atom stereocenters. The first-order chi connectivity index (χ1) is 18.0. The van der Waals surface area contributed by atoms with Gasteiger partial charge in [0.15, 0.2) is 0 Å². The van der Waals surface area contributed by atoms with Crippen LogP contribution in [0.1, 0.15) is 47.3 Å². The van der Waals surface area contributed by atoms with E-state index in [0.717, 1.165) is 34.7 Å². The van der Waals surface area contributed by atoms with Gasteiger partial charge in [0.1, 0.15) is 0 Å². The molecule has 37 heavy (non-hydrogen) atoms. The lowest BCUT2D eigenvalue weighted by molar-refractivity contribution is -0.181. The second-order valence-corrected chi connectivity index (χ2v) is 9.31. The smallest absolute Gasteiger partial charge is 0.252 e. The number of anilines is 1. The molecule has 1 amide bonds. The molecule has 0 fully saturated rings. The van der Waals surface area contributed by atoms with E-state index in [-0.39, 0.29) is 11.6 Å². The van der Waals surface area contributed by atoms with Crippen LogP contribution in [0.5, 0.6) is 0 Å². The van der Waals surface area contributed by atoms with Gasteiger partial charge in [-0.25, -0.2) is 5.48 Å². The number of nitrogens with zero attached hydrogens (tertiary/aromatic N) is 1. The summed E-state index contributed by atoms with van der Waals surface area (Å²) < 4.78 is 11.7. The lowest BCUT2D eigenvalue weighted by atomic mass is 10.1. The number of hydrogen-bond acceptors (Lipinski definition) is 7. The number of amides is 1. The Labute approximate surface area is 220 Å². The number of nitrogens with two attached hydrogens (primary N) is 1. The minimum atomic E-state index is -0.147. The molecule has 1 aromatic heterocycles. The average Bonchev–Trinajstić information content (AvgIpc) is 2.90. The van der Waals surface area contributed by atoms with Crippen molar-refractivity contribution in [2.75, 3.05) is 12.3 Å². The maximum Gasteiger partial charge on any atom is 0.252 e. The summed E-state index contributed by atoms with van der Waals surface area (Å²) >= 11 is 1.44. The SMILES string of the molecule is C=C(CCCCCNC(=O)c1ccccc1Sc1ccc(C(=N)/C=C/c2ccccn2)c(N)c1)NOF. The first kappa shape index (κ1) is 27.6. The van der Waals surface area contributed by atoms with Crippen LogP contribution in [0.15, 0.2) is 95.0 Å². The zero-order valence-corrected chi connectivity index (χ0v) is 21.2. The number of hydroxylamine groups is 1. The van der Waals surface area contributed by atoms with Crippen LogP contribution in [0.4, 0.5) is 10.2 Å². The standard InChI is InChI=1S/C28H30FN5O2S/c1-20(34-36-29)9-3-2-7-18-33-28(35)24-11-4-5-12-27(24)37-22-14-15-23(26(31)19-22)25(30)16-13-21-10-6-8-17-32-21/h4-6,8,10-17,19,30,34H,1-3,7,9,18,31H2,(H,33,35)/b16-13+,30-25?. The Balaban J connectivity index is 1.56. The van der Waals surface area contributed by atoms with E-state index in [2.05, 4.69) is 27.4 Å². The molecule has 0 unspecified atom stereocenters. The quantitative estimate of drug-likeness (QED) is 0.0885. The summed E-state index contributed by atoms with van der Waals surface area (Å²) in [6.45, 7) is 4.18. The zero-order valence-electron chi connectivity index (χ0n) is 20.4. The number of carbonyl (C=O) groups is 1. The number of pyridine rings is 1. The molecule has 0 radical (unpaired) electrons. The van der Waals surface area contributed by atoms with Crippen LogP contribution in [0.25, 0.3) is 6.08 Å². The highest BCUT2D eigenvalue weighted by molar-refractivity contribution is 7.99. The molecule has 192 valence electrons. The topological polar surface area (TPSA) is 113 Å². The highest BCUT2D eigenvalue weighted by atomic mass is 32.2. The maximum absolute atomic E-state index is 12.8. The van der Waals surface area contributed by atoms with E-state index in [9.17, 15) is 9.32 Å². The molecular formula is C28H30FN5O2S. The third-order valence-electron chi connectivity index (χ3n) is 5.41. The minimum absolute atomic E-state index is 0.147. The fourth-order valence-corrected chi connectivity index (χ4v) is 4.49. The van der Waals surface area contributed by atoms with Crippen LogP contribution in [-0.4, -0.2) is 23.1 Å². The molecule has 5 N–H and O–H groups in total. The van der Waals surface area contributed by atoms with Gasteiger partial charge in [-0.05, 0) is 78.4 Å². The second-order valence-electron chi connectivity index (χ2n) is 8.20. The van der Waals surface area contributed by atoms with Crippen LogP contribution in [-0.2, 0) is 5.04 Å². The molecule has 9 heteroatoms. The van der Waals surface area contributed by atoms with E-state index in [1.807, 2.05) is 54.6 Å². The first-order valence-electron chi connectivity index (χ1n) is 11.8. The summed E-state index contributed by atoms with van der Waals surface area (Å²) in [4.78, 5) is 18.7. The van der Waals surface area contributed by atoms with Crippen molar-refractivity contribution in [3.8, 4) is 0 Å². The van der Waals surface area contributed by atoms with Crippen molar-refractivity contribution < 1.29 is 14.4 Å². The van der Waals surface area contributed by atoms with Crippen LogP contribution in [0.3, 0.4) is 0 Å². The molecule has 0 saturated carbocycles. The number of aromatic nitrogens is 1. The number of nitrogen functional groups attached to an aromatic ring is 1. The lowest BCUT2D eigenvalue weighted by Crippen LogP contribution is -2.25. The fraction of sp³-hybridized carbons (Fsp3) is 0.179. The number of allylic oxidation sites excluding steroid dienone is 2. The molecule has 1 heterocycles. The molecule has 2 aromatic carbocycles. The Morgan fingerprint density at radius 3 is 2.68 bits per heavy atom. The van der Waals surface area contributed by atoms with Gasteiger partial charge in [-0.3, -0.25) is 9.78 Å². The number of rotatable bonds is 14. The molecule has 0 saturated heterocycles. The van der Waals surface area contributed by atoms with Crippen molar-refractivity contribution in [3.05, 3.63) is 102 Å². The van der Waals surface area contributed by atoms with Gasteiger partial charge in [0.05, 0.1) is 17.0 Å². The predicted molar refractivity (Wildman–Crippen MR) is 147 cm³/mol. The van der Waals surface area contributed by atoms with Crippen molar-refractivity contribution in [2.24, 2.45) is 0 Å². The van der Waals surface area contributed by atoms with E-state index < -0.39 is 0 Å². The van der Waals surface area contributed by atoms with Gasteiger partial charge in [-0.1, -0.05) is 48.0 Å². The van der Waals surface area contributed by atoms with Crippen molar-refractivity contribution in [1.29, 1.82) is 5.41 Å². The monoisotopic (exact) mass is 519 g/mol. The number of carbonyl (C=O) groups excluding carboxylic acids is 1. The molecular weight excluding hydrogens is 489 g/mol. The number of hydrogen-bond donors (Lipinski definition) is 4. The molecule has 0 aliphatic rings. The Hall–Kier alpha value is -3.95. The van der Waals surface area contributed by atoms with Crippen molar-refractivity contribution in [2.45, 2.75) is 35.5 Å². The Kier molecular flexibility index (Phi) is 10.9. The molecule has 0 bridgehead atoms. The molecule has 0 aliphatic carbocycles. The maximum atomic E-state index is 12.8. The van der Waals surface area contributed by atoms with Gasteiger partial charge in [0, 0.05) is 39.5 Å². The molecule has 0 spiro atoms. The van der Waals surface area contributed by atoms with Gasteiger partial charge in [-0.2, -0.15) is 0 Å². The summed E-state index contributed by atoms with van der Waals surface area (Å²) in [5.41, 5.74) is 11.6. The number of unbranched alkanes of at least 4 members (excludes halogenated alkanes) is 2. The Bertz CT molecular complexity index is 1250. The van der Waals surface area contributed by atoms with Crippen molar-refractivity contribution in [3.63, 3.8) is 0 Å². The van der Waals surface area contributed by atoms with Gasteiger partial charge in [0.25, 0.3) is 5.91 Å². The zero-order chi connectivity index (χ0) is 26.5. The fourth-order valence-electron chi connectivity index (χ4n) is 3.50. The van der Waals surface area contributed by atoms with E-state index in [0.29, 0.717) is 35.5 Å². The third-order valence-corrected chi connectivity index (χ3v) is 6.47. The van der Waals surface area contributed by atoms with Crippen LogP contribution in [0, 0.1) is 5.41 Å². The molecule has 7 nitrogen and oxygen atoms in total. The van der Waals surface area contributed by atoms with E-state index in [1.54, 1.807) is 24.4 Å². The van der Waals surface area contributed by atoms with E-state index in [4.69, 9.17) is 11.1 Å². The normalized spacial score (nSPS) is 10.8. The molecule has 3 aromatic rings. The first-order valence-corrected chi connectivity index (χ1v) is 12.6. The van der Waals surface area contributed by atoms with E-state index >= 15 is 0 Å². The highest BCUT2D eigenvalue weighted by Crippen LogP contribution is 2.32. The van der Waals surface area contributed by atoms with Crippen molar-refractivity contribution >= 4 is 35.1 Å². The summed E-state index contributed by atoms with van der Waals surface area (Å²) in [5, 5.41) is 14.7. The summed E-state index contributed by atoms with van der Waals surface area (Å²) in [6.07, 6.45) is 8.21. The van der Waals surface area contributed by atoms with Crippen LogP contribution < -0.4 is 16.5 Å². The van der Waals surface area contributed by atoms with Gasteiger partial charge < -0.3 is 16.5 Å². The molecule has 3 rings (SSSR count). The number of halogens is 1. The van der Waals surface area contributed by atoms with E-state index in [1.165, 1.54) is 11.8 Å². The van der Waals surface area contributed by atoms with Gasteiger partial charge >= 0.3 is 0 Å². The van der Waals surface area contributed by atoms with Gasteiger partial charge in [-0.15, -0.1) is 0 Å². The average molecular weight is 520 g/mol. The lowest BCUT2D eigenvalue weighted by Gasteiger charge is -2.11. The largest absolute Gasteiger partial charge is 0.398 e. The van der Waals surface area contributed by atoms with Crippen molar-refractivity contribution in [1.82, 2.24) is 15.8 Å².